The molecule has 0 unspecified atom stereocenters. The monoisotopic (exact) mass is 342 g/mol. The molecule has 128 valence electrons. The van der Waals surface area contributed by atoms with Crippen LogP contribution in [0.1, 0.15) is 19.3 Å². The Kier molecular flexibility index (Phi) is 6.50. The number of amides is 1. The Morgan fingerprint density at radius 1 is 1.35 bits per heavy atom. The van der Waals surface area contributed by atoms with Gasteiger partial charge < -0.3 is 25.2 Å². The van der Waals surface area contributed by atoms with Gasteiger partial charge in [-0.2, -0.15) is 0 Å². The Morgan fingerprint density at radius 2 is 2.04 bits per heavy atom. The molecule has 0 aliphatic heterocycles. The topological polar surface area (TPSA) is 79.8 Å². The van der Waals surface area contributed by atoms with E-state index in [1.54, 1.807) is 12.1 Å². The molecule has 2 rings (SSSR count). The number of anilines is 1. The van der Waals surface area contributed by atoms with E-state index in [1.807, 2.05) is 0 Å². The number of aliphatic hydroxyl groups is 1. The van der Waals surface area contributed by atoms with Crippen LogP contribution in [0.3, 0.4) is 0 Å². The molecule has 1 fully saturated rings. The lowest BCUT2D eigenvalue weighted by atomic mass is 10.1. The maximum absolute atomic E-state index is 12.2. The number of carbonyl (C=O) groups excluding carboxylic acids is 1. The lowest BCUT2D eigenvalue weighted by Crippen LogP contribution is -2.38. The second-order valence-corrected chi connectivity index (χ2v) is 5.98. The van der Waals surface area contributed by atoms with Gasteiger partial charge in [-0.05, 0) is 25.2 Å². The fourth-order valence-corrected chi connectivity index (χ4v) is 2.75. The molecule has 1 aliphatic rings. The van der Waals surface area contributed by atoms with Gasteiger partial charge in [-0.3, -0.25) is 4.79 Å². The molecule has 3 N–H and O–H groups in total. The van der Waals surface area contributed by atoms with Gasteiger partial charge in [-0.25, -0.2) is 0 Å². The van der Waals surface area contributed by atoms with Gasteiger partial charge in [-0.1, -0.05) is 11.6 Å². The second-order valence-electron chi connectivity index (χ2n) is 5.57. The van der Waals surface area contributed by atoms with Gasteiger partial charge in [0.1, 0.15) is 11.5 Å². The first kappa shape index (κ1) is 17.8. The van der Waals surface area contributed by atoms with Crippen LogP contribution in [-0.2, 0) is 4.79 Å². The lowest BCUT2D eigenvalue weighted by molar-refractivity contribution is -0.115. The highest BCUT2D eigenvalue weighted by Crippen LogP contribution is 2.36. The summed E-state index contributed by atoms with van der Waals surface area (Å²) < 4.78 is 10.4. The van der Waals surface area contributed by atoms with E-state index in [9.17, 15) is 4.79 Å². The number of nitrogens with one attached hydrogen (secondary N) is 2. The summed E-state index contributed by atoms with van der Waals surface area (Å²) in [6.07, 6.45) is 2.97. The van der Waals surface area contributed by atoms with Crippen LogP contribution in [0.25, 0.3) is 0 Å². The van der Waals surface area contributed by atoms with Crippen molar-refractivity contribution >= 4 is 23.2 Å². The third-order valence-electron chi connectivity index (χ3n) is 3.90. The Morgan fingerprint density at radius 3 is 2.61 bits per heavy atom. The van der Waals surface area contributed by atoms with Gasteiger partial charge in [0.2, 0.25) is 5.91 Å². The van der Waals surface area contributed by atoms with Gasteiger partial charge in [0.15, 0.2) is 0 Å². The molecule has 23 heavy (non-hydrogen) atoms. The molecule has 1 aliphatic carbocycles. The van der Waals surface area contributed by atoms with Crippen LogP contribution in [-0.4, -0.2) is 44.4 Å². The van der Waals surface area contributed by atoms with E-state index < -0.39 is 0 Å². The summed E-state index contributed by atoms with van der Waals surface area (Å²) in [7, 11) is 3.02. The molecule has 1 aromatic rings. The summed E-state index contributed by atoms with van der Waals surface area (Å²) in [4.78, 5) is 12.2. The van der Waals surface area contributed by atoms with Crippen LogP contribution in [0.15, 0.2) is 12.1 Å². The van der Waals surface area contributed by atoms with E-state index in [0.717, 1.165) is 12.8 Å². The Bertz CT molecular complexity index is 549. The highest BCUT2D eigenvalue weighted by Gasteiger charge is 2.30. The molecule has 6 nitrogen and oxygen atoms in total. The van der Waals surface area contributed by atoms with Crippen molar-refractivity contribution < 1.29 is 19.4 Å². The largest absolute Gasteiger partial charge is 0.495 e. The number of hydrogen-bond donors (Lipinski definition) is 3. The third-order valence-corrected chi connectivity index (χ3v) is 4.20. The van der Waals surface area contributed by atoms with Crippen LogP contribution >= 0.6 is 11.6 Å². The molecule has 0 heterocycles. The molecule has 1 atom stereocenters. The lowest BCUT2D eigenvalue weighted by Gasteiger charge is -2.17. The van der Waals surface area contributed by atoms with E-state index >= 15 is 0 Å². The molecule has 0 spiro atoms. The summed E-state index contributed by atoms with van der Waals surface area (Å²) in [5.41, 5.74) is 0.505. The van der Waals surface area contributed by atoms with E-state index in [-0.39, 0.29) is 25.1 Å². The summed E-state index contributed by atoms with van der Waals surface area (Å²) in [6, 6.07) is 3.42. The maximum Gasteiger partial charge on any atom is 0.238 e. The van der Waals surface area contributed by atoms with Crippen molar-refractivity contribution in [3.8, 4) is 11.5 Å². The van der Waals surface area contributed by atoms with Crippen LogP contribution in [0.2, 0.25) is 5.02 Å². The average molecular weight is 343 g/mol. The standard InChI is InChI=1S/C16H23ClN2O4/c1-22-14-8-13(15(23-2)7-11(14)17)19-16(21)9-18-12(5-6-20)10-3-4-10/h7-8,10,12,18,20H,3-6,9H2,1-2H3,(H,19,21)/t12-/m1/s1. The zero-order valence-corrected chi connectivity index (χ0v) is 14.2. The van der Waals surface area contributed by atoms with Gasteiger partial charge in [0.05, 0.1) is 31.5 Å². The minimum atomic E-state index is -0.184. The fourth-order valence-electron chi connectivity index (χ4n) is 2.52. The smallest absolute Gasteiger partial charge is 0.238 e. The van der Waals surface area contributed by atoms with Crippen molar-refractivity contribution in [2.24, 2.45) is 5.92 Å². The predicted molar refractivity (Wildman–Crippen MR) is 89.4 cm³/mol. The summed E-state index contributed by atoms with van der Waals surface area (Å²) in [6.45, 7) is 0.299. The van der Waals surface area contributed by atoms with E-state index in [1.165, 1.54) is 14.2 Å². The second kappa shape index (κ2) is 8.38. The summed E-state index contributed by atoms with van der Waals surface area (Å²) in [5, 5.41) is 15.5. The van der Waals surface area contributed by atoms with Gasteiger partial charge in [-0.15, -0.1) is 0 Å². The SMILES string of the molecule is COc1cc(NC(=O)CN[C@H](CCO)C2CC2)c(OC)cc1Cl. The molecular formula is C16H23ClN2O4. The van der Waals surface area contributed by atoms with Gasteiger partial charge >= 0.3 is 0 Å². The zero-order chi connectivity index (χ0) is 16.8. The number of rotatable bonds is 9. The van der Waals surface area contributed by atoms with Crippen molar-refractivity contribution in [2.45, 2.75) is 25.3 Å². The van der Waals surface area contributed by atoms with Crippen molar-refractivity contribution in [1.82, 2.24) is 5.32 Å². The number of aliphatic hydroxyl groups excluding tert-OH is 1. The van der Waals surface area contributed by atoms with E-state index in [4.69, 9.17) is 26.2 Å². The third kappa shape index (κ3) is 4.99. The zero-order valence-electron chi connectivity index (χ0n) is 13.4. The first-order valence-corrected chi connectivity index (χ1v) is 8.02. The minimum Gasteiger partial charge on any atom is -0.495 e. The average Bonchev–Trinajstić information content (AvgIpc) is 3.37. The van der Waals surface area contributed by atoms with Crippen LogP contribution in [0.5, 0.6) is 11.5 Å². The Balaban J connectivity index is 1.96. The van der Waals surface area contributed by atoms with Crippen LogP contribution in [0.4, 0.5) is 5.69 Å². The molecule has 0 saturated heterocycles. The van der Waals surface area contributed by atoms with Crippen molar-refractivity contribution in [2.75, 3.05) is 32.7 Å². The van der Waals surface area contributed by atoms with Gasteiger partial charge in [0.25, 0.3) is 0 Å². The number of ether oxygens (including phenoxy) is 2. The van der Waals surface area contributed by atoms with E-state index in [2.05, 4.69) is 10.6 Å². The van der Waals surface area contributed by atoms with Gasteiger partial charge in [0, 0.05) is 24.8 Å². The quantitative estimate of drug-likeness (QED) is 0.640. The number of hydrogen-bond acceptors (Lipinski definition) is 5. The number of halogens is 1. The molecule has 1 amide bonds. The molecule has 0 bridgehead atoms. The number of benzene rings is 1. The minimum absolute atomic E-state index is 0.123. The predicted octanol–water partition coefficient (Wildman–Crippen LogP) is 2.05. The Labute approximate surface area is 141 Å². The first-order chi connectivity index (χ1) is 11.1. The van der Waals surface area contributed by atoms with E-state index in [0.29, 0.717) is 34.5 Å². The molecule has 0 aromatic heterocycles. The molecule has 0 radical (unpaired) electrons. The molecule has 1 aromatic carbocycles. The normalized spacial score (nSPS) is 15.1. The van der Waals surface area contributed by atoms with Crippen LogP contribution < -0.4 is 20.1 Å². The van der Waals surface area contributed by atoms with Crippen molar-refractivity contribution in [1.29, 1.82) is 0 Å². The van der Waals surface area contributed by atoms with Crippen LogP contribution in [0, 0.1) is 5.92 Å². The molecule has 1 saturated carbocycles. The van der Waals surface area contributed by atoms with Crippen molar-refractivity contribution in [3.05, 3.63) is 17.2 Å². The maximum atomic E-state index is 12.2. The first-order valence-electron chi connectivity index (χ1n) is 7.64. The molecular weight excluding hydrogens is 320 g/mol. The number of methoxy groups -OCH3 is 2. The fraction of sp³-hybridized carbons (Fsp3) is 0.562. The summed E-state index contributed by atoms with van der Waals surface area (Å²) in [5.74, 6) is 1.32. The summed E-state index contributed by atoms with van der Waals surface area (Å²) >= 11 is 6.04. The van der Waals surface area contributed by atoms with Crippen molar-refractivity contribution in [3.63, 3.8) is 0 Å². The highest BCUT2D eigenvalue weighted by molar-refractivity contribution is 6.32. The number of carbonyl (C=O) groups is 1. The highest BCUT2D eigenvalue weighted by atomic mass is 35.5. The Hall–Kier alpha value is -1.50. The molecule has 7 heteroatoms.